The van der Waals surface area contributed by atoms with Crippen molar-refractivity contribution in [1.29, 1.82) is 0 Å². The summed E-state index contributed by atoms with van der Waals surface area (Å²) in [6.45, 7) is 7.48. The first-order valence-corrected chi connectivity index (χ1v) is 9.84. The van der Waals surface area contributed by atoms with Gasteiger partial charge in [-0.3, -0.25) is 4.98 Å². The largest absolute Gasteiger partial charge is 0.304 e. The van der Waals surface area contributed by atoms with Gasteiger partial charge in [0.15, 0.2) is 5.82 Å². The number of nitrogens with zero attached hydrogens (tertiary/aromatic N) is 6. The summed E-state index contributed by atoms with van der Waals surface area (Å²) < 4.78 is 2.04. The van der Waals surface area contributed by atoms with E-state index in [0.717, 1.165) is 49.0 Å². The first-order chi connectivity index (χ1) is 13.5. The molecule has 0 spiro atoms. The van der Waals surface area contributed by atoms with Gasteiger partial charge in [0.05, 0.1) is 5.69 Å². The zero-order valence-corrected chi connectivity index (χ0v) is 17.1. The zero-order valence-electron chi connectivity index (χ0n) is 17.1. The molecule has 3 heterocycles. The molecule has 0 radical (unpaired) electrons. The minimum Gasteiger partial charge on any atom is -0.304 e. The molecule has 1 atom stereocenters. The van der Waals surface area contributed by atoms with Gasteiger partial charge in [-0.05, 0) is 57.3 Å². The van der Waals surface area contributed by atoms with Crippen LogP contribution in [-0.4, -0.2) is 69.3 Å². The third-order valence-corrected chi connectivity index (χ3v) is 5.60. The van der Waals surface area contributed by atoms with E-state index in [2.05, 4.69) is 60.9 Å². The van der Waals surface area contributed by atoms with Crippen LogP contribution < -0.4 is 0 Å². The summed E-state index contributed by atoms with van der Waals surface area (Å²) >= 11 is 0. The lowest BCUT2D eigenvalue weighted by molar-refractivity contribution is 0.113. The molecular formula is C22H28N6. The second kappa shape index (κ2) is 7.81. The molecule has 2 aromatic heterocycles. The average Bonchev–Trinajstić information content (AvgIpc) is 3.11. The fourth-order valence-corrected chi connectivity index (χ4v) is 3.77. The SMILES string of the molecule is Cc1ccc(C)c(-n2nc(-c3ccncc3)nc2C[C@H]2CN(C)CCN2C)c1. The van der Waals surface area contributed by atoms with E-state index >= 15 is 0 Å². The number of hydrogen-bond donors (Lipinski definition) is 0. The maximum absolute atomic E-state index is 4.96. The predicted molar refractivity (Wildman–Crippen MR) is 112 cm³/mol. The molecule has 1 aromatic carbocycles. The van der Waals surface area contributed by atoms with Gasteiger partial charge in [-0.1, -0.05) is 12.1 Å². The van der Waals surface area contributed by atoms with Gasteiger partial charge in [0.1, 0.15) is 5.82 Å². The van der Waals surface area contributed by atoms with E-state index in [-0.39, 0.29) is 0 Å². The Labute approximate surface area is 166 Å². The van der Waals surface area contributed by atoms with Gasteiger partial charge >= 0.3 is 0 Å². The lowest BCUT2D eigenvalue weighted by Gasteiger charge is -2.37. The molecule has 0 aliphatic carbocycles. The van der Waals surface area contributed by atoms with Gasteiger partial charge < -0.3 is 9.80 Å². The molecule has 0 amide bonds. The van der Waals surface area contributed by atoms with Crippen LogP contribution in [0.3, 0.4) is 0 Å². The van der Waals surface area contributed by atoms with Crippen LogP contribution in [0.15, 0.2) is 42.7 Å². The molecule has 0 saturated carbocycles. The van der Waals surface area contributed by atoms with Crippen molar-refractivity contribution in [3.05, 3.63) is 59.7 Å². The van der Waals surface area contributed by atoms with E-state index < -0.39 is 0 Å². The topological polar surface area (TPSA) is 50.1 Å². The van der Waals surface area contributed by atoms with E-state index in [1.807, 2.05) is 16.8 Å². The maximum Gasteiger partial charge on any atom is 0.181 e. The smallest absolute Gasteiger partial charge is 0.181 e. The Morgan fingerprint density at radius 2 is 1.82 bits per heavy atom. The number of pyridine rings is 1. The lowest BCUT2D eigenvalue weighted by Crippen LogP contribution is -2.51. The Balaban J connectivity index is 1.77. The summed E-state index contributed by atoms with van der Waals surface area (Å²) in [5, 5.41) is 4.91. The van der Waals surface area contributed by atoms with Crippen molar-refractivity contribution in [3.63, 3.8) is 0 Å². The fourth-order valence-electron chi connectivity index (χ4n) is 3.77. The Hall–Kier alpha value is -2.57. The van der Waals surface area contributed by atoms with Crippen LogP contribution in [0.1, 0.15) is 17.0 Å². The predicted octanol–water partition coefficient (Wildman–Crippen LogP) is 2.73. The average molecular weight is 377 g/mol. The summed E-state index contributed by atoms with van der Waals surface area (Å²) in [6.07, 6.45) is 4.45. The van der Waals surface area contributed by atoms with Gasteiger partial charge in [0.2, 0.25) is 0 Å². The summed E-state index contributed by atoms with van der Waals surface area (Å²) in [5.74, 6) is 1.76. The van der Waals surface area contributed by atoms with Gasteiger partial charge in [-0.2, -0.15) is 0 Å². The van der Waals surface area contributed by atoms with E-state index in [4.69, 9.17) is 10.1 Å². The molecule has 28 heavy (non-hydrogen) atoms. The zero-order chi connectivity index (χ0) is 19.7. The highest BCUT2D eigenvalue weighted by Crippen LogP contribution is 2.23. The quantitative estimate of drug-likeness (QED) is 0.701. The molecular weight excluding hydrogens is 348 g/mol. The van der Waals surface area contributed by atoms with Crippen LogP contribution in [0.4, 0.5) is 0 Å². The number of aromatic nitrogens is 4. The number of benzene rings is 1. The number of rotatable bonds is 4. The second-order valence-electron chi connectivity index (χ2n) is 7.89. The van der Waals surface area contributed by atoms with E-state index in [0.29, 0.717) is 6.04 Å². The summed E-state index contributed by atoms with van der Waals surface area (Å²) in [4.78, 5) is 13.9. The van der Waals surface area contributed by atoms with Gasteiger partial charge in [0, 0.05) is 50.1 Å². The van der Waals surface area contributed by atoms with E-state index in [1.54, 1.807) is 12.4 Å². The van der Waals surface area contributed by atoms with Gasteiger partial charge in [-0.15, -0.1) is 5.10 Å². The molecule has 6 heteroatoms. The van der Waals surface area contributed by atoms with Crippen molar-refractivity contribution in [2.24, 2.45) is 0 Å². The standard InChI is InChI=1S/C22H28N6/c1-16-5-6-17(2)20(13-16)28-21(14-19-15-26(3)11-12-27(19)4)24-22(25-28)18-7-9-23-10-8-18/h5-10,13,19H,11-12,14-15H2,1-4H3/t19-/m0/s1. The van der Waals surface area contributed by atoms with Gasteiger partial charge in [-0.25, -0.2) is 9.67 Å². The van der Waals surface area contributed by atoms with Crippen molar-refractivity contribution >= 4 is 0 Å². The molecule has 1 aliphatic heterocycles. The van der Waals surface area contributed by atoms with Crippen LogP contribution >= 0.6 is 0 Å². The summed E-state index contributed by atoms with van der Waals surface area (Å²) in [7, 11) is 4.40. The third-order valence-electron chi connectivity index (χ3n) is 5.60. The molecule has 0 bridgehead atoms. The van der Waals surface area contributed by atoms with Crippen LogP contribution in [0.25, 0.3) is 17.1 Å². The number of aryl methyl sites for hydroxylation is 2. The molecule has 1 fully saturated rings. The molecule has 0 N–H and O–H groups in total. The van der Waals surface area contributed by atoms with Crippen molar-refractivity contribution in [2.45, 2.75) is 26.3 Å². The van der Waals surface area contributed by atoms with Crippen LogP contribution in [0.2, 0.25) is 0 Å². The monoisotopic (exact) mass is 376 g/mol. The normalized spacial score (nSPS) is 18.5. The first kappa shape index (κ1) is 18.8. The summed E-state index contributed by atoms with van der Waals surface area (Å²) in [5.41, 5.74) is 4.53. The van der Waals surface area contributed by atoms with Crippen LogP contribution in [0.5, 0.6) is 0 Å². The number of hydrogen-bond acceptors (Lipinski definition) is 5. The Kier molecular flexibility index (Phi) is 5.24. The highest BCUT2D eigenvalue weighted by molar-refractivity contribution is 5.54. The van der Waals surface area contributed by atoms with Crippen molar-refractivity contribution in [3.8, 4) is 17.1 Å². The highest BCUT2D eigenvalue weighted by Gasteiger charge is 2.25. The highest BCUT2D eigenvalue weighted by atomic mass is 15.4. The Bertz CT molecular complexity index is 949. The van der Waals surface area contributed by atoms with Crippen molar-refractivity contribution in [1.82, 2.24) is 29.5 Å². The Morgan fingerprint density at radius 1 is 1.04 bits per heavy atom. The molecule has 146 valence electrons. The second-order valence-corrected chi connectivity index (χ2v) is 7.89. The molecule has 3 aromatic rings. The van der Waals surface area contributed by atoms with E-state index in [9.17, 15) is 0 Å². The van der Waals surface area contributed by atoms with Gasteiger partial charge in [0.25, 0.3) is 0 Å². The minimum atomic E-state index is 0.428. The molecule has 1 saturated heterocycles. The van der Waals surface area contributed by atoms with Crippen LogP contribution in [-0.2, 0) is 6.42 Å². The van der Waals surface area contributed by atoms with Crippen molar-refractivity contribution in [2.75, 3.05) is 33.7 Å². The molecule has 1 aliphatic rings. The molecule has 4 rings (SSSR count). The number of piperazine rings is 1. The number of likely N-dealkylation sites (N-methyl/N-ethyl adjacent to an activating group) is 2. The summed E-state index contributed by atoms with van der Waals surface area (Å²) in [6, 6.07) is 10.9. The fraction of sp³-hybridized carbons (Fsp3) is 0.409. The minimum absolute atomic E-state index is 0.428. The molecule has 6 nitrogen and oxygen atoms in total. The van der Waals surface area contributed by atoms with Crippen molar-refractivity contribution < 1.29 is 0 Å². The lowest BCUT2D eigenvalue weighted by atomic mass is 10.1. The van der Waals surface area contributed by atoms with Crippen LogP contribution in [0, 0.1) is 13.8 Å². The Morgan fingerprint density at radius 3 is 2.61 bits per heavy atom. The maximum atomic E-state index is 4.96. The third kappa shape index (κ3) is 3.84. The van der Waals surface area contributed by atoms with E-state index in [1.165, 1.54) is 11.1 Å². The first-order valence-electron chi connectivity index (χ1n) is 9.84. The molecule has 0 unspecified atom stereocenters.